The van der Waals surface area contributed by atoms with E-state index in [9.17, 15) is 14.4 Å². The van der Waals surface area contributed by atoms with Gasteiger partial charge in [0.05, 0.1) is 12.5 Å². The van der Waals surface area contributed by atoms with Crippen LogP contribution in [0.2, 0.25) is 0 Å². The molecule has 19 heavy (non-hydrogen) atoms. The van der Waals surface area contributed by atoms with Gasteiger partial charge in [-0.3, -0.25) is 9.59 Å². The zero-order valence-electron chi connectivity index (χ0n) is 11.5. The van der Waals surface area contributed by atoms with E-state index >= 15 is 0 Å². The van der Waals surface area contributed by atoms with Crippen LogP contribution in [-0.2, 0) is 14.3 Å². The molecule has 0 unspecified atom stereocenters. The van der Waals surface area contributed by atoms with E-state index in [2.05, 4.69) is 4.74 Å². The molecule has 1 N–H and O–H groups in total. The van der Waals surface area contributed by atoms with Gasteiger partial charge in [0.2, 0.25) is 5.91 Å². The Balaban J connectivity index is 2.50. The number of carboxylic acid groups (broad SMARTS) is 1. The summed E-state index contributed by atoms with van der Waals surface area (Å²) in [5, 5.41) is 9.00. The number of nitrogens with zero attached hydrogens (tertiary/aromatic N) is 2. The maximum absolute atomic E-state index is 12.0. The molecule has 108 valence electrons. The normalized spacial score (nSPS) is 16.2. The lowest BCUT2D eigenvalue weighted by molar-refractivity contribution is -0.151. The Hall–Kier alpha value is -1.79. The Morgan fingerprint density at radius 2 is 1.58 bits per heavy atom. The highest BCUT2D eigenvalue weighted by atomic mass is 16.5. The van der Waals surface area contributed by atoms with Gasteiger partial charge in [-0.1, -0.05) is 0 Å². The molecule has 1 aliphatic heterocycles. The summed E-state index contributed by atoms with van der Waals surface area (Å²) in [6.07, 6.45) is -0.446. The smallest absolute Gasteiger partial charge is 0.409 e. The van der Waals surface area contributed by atoms with E-state index in [0.29, 0.717) is 26.2 Å². The van der Waals surface area contributed by atoms with Crippen LogP contribution in [0.5, 0.6) is 0 Å². The van der Waals surface area contributed by atoms with Crippen molar-refractivity contribution in [2.75, 3.05) is 33.3 Å². The fraction of sp³-hybridized carbons (Fsp3) is 0.750. The Morgan fingerprint density at radius 1 is 1.11 bits per heavy atom. The van der Waals surface area contributed by atoms with Crippen molar-refractivity contribution in [3.8, 4) is 0 Å². The largest absolute Gasteiger partial charge is 0.481 e. The predicted molar refractivity (Wildman–Crippen MR) is 66.6 cm³/mol. The number of carboxylic acids is 1. The van der Waals surface area contributed by atoms with Crippen LogP contribution in [0.15, 0.2) is 0 Å². The molecule has 1 aliphatic rings. The van der Waals surface area contributed by atoms with Crippen LogP contribution in [0, 0.1) is 5.41 Å². The number of amides is 2. The first kappa shape index (κ1) is 15.3. The van der Waals surface area contributed by atoms with E-state index < -0.39 is 17.5 Å². The molecule has 1 rings (SSSR count). The molecule has 0 spiro atoms. The third-order valence-corrected chi connectivity index (χ3v) is 3.24. The average molecular weight is 272 g/mol. The maximum atomic E-state index is 12.0. The molecule has 2 amide bonds. The van der Waals surface area contributed by atoms with Gasteiger partial charge in [-0.15, -0.1) is 0 Å². The number of aliphatic carboxylic acids is 1. The summed E-state index contributed by atoms with van der Waals surface area (Å²) in [7, 11) is 1.31. The minimum Gasteiger partial charge on any atom is -0.481 e. The Kier molecular flexibility index (Phi) is 4.74. The molecule has 0 radical (unpaired) electrons. The average Bonchev–Trinajstić information content (AvgIpc) is 2.37. The Bertz CT molecular complexity index is 372. The molecule has 0 atom stereocenters. The van der Waals surface area contributed by atoms with Gasteiger partial charge in [-0.05, 0) is 13.8 Å². The fourth-order valence-electron chi connectivity index (χ4n) is 1.83. The minimum absolute atomic E-state index is 0.0411. The predicted octanol–water partition coefficient (Wildman–Crippen LogP) is 0.398. The maximum Gasteiger partial charge on any atom is 0.409 e. The van der Waals surface area contributed by atoms with E-state index in [1.165, 1.54) is 25.9 Å². The van der Waals surface area contributed by atoms with Gasteiger partial charge in [0.1, 0.15) is 0 Å². The molecule has 0 aromatic rings. The van der Waals surface area contributed by atoms with Gasteiger partial charge >= 0.3 is 12.1 Å². The zero-order chi connectivity index (χ0) is 14.6. The number of ether oxygens (including phenoxy) is 1. The molecule has 7 nitrogen and oxygen atoms in total. The van der Waals surface area contributed by atoms with Crippen LogP contribution in [0.4, 0.5) is 4.79 Å². The first-order chi connectivity index (χ1) is 8.77. The summed E-state index contributed by atoms with van der Waals surface area (Å²) in [6.45, 7) is 4.68. The Labute approximate surface area is 112 Å². The SMILES string of the molecule is COC(=O)N1CCN(C(=O)CC(C)(C)C(=O)O)CC1. The topological polar surface area (TPSA) is 87.2 Å². The second-order valence-corrected chi connectivity index (χ2v) is 5.20. The lowest BCUT2D eigenvalue weighted by Gasteiger charge is -2.35. The van der Waals surface area contributed by atoms with Crippen molar-refractivity contribution < 1.29 is 24.2 Å². The lowest BCUT2D eigenvalue weighted by atomic mass is 9.89. The third kappa shape index (κ3) is 3.84. The number of piperazine rings is 1. The van der Waals surface area contributed by atoms with Crippen LogP contribution in [-0.4, -0.2) is 66.2 Å². The molecule has 1 saturated heterocycles. The lowest BCUT2D eigenvalue weighted by Crippen LogP contribution is -2.51. The summed E-state index contributed by atoms with van der Waals surface area (Å²) in [5.74, 6) is -1.19. The number of hydrogen-bond acceptors (Lipinski definition) is 4. The molecule has 1 heterocycles. The van der Waals surface area contributed by atoms with Crippen molar-refractivity contribution in [3.05, 3.63) is 0 Å². The molecular weight excluding hydrogens is 252 g/mol. The number of carbonyl (C=O) groups excluding carboxylic acids is 2. The van der Waals surface area contributed by atoms with Gasteiger partial charge in [0, 0.05) is 32.6 Å². The van der Waals surface area contributed by atoms with Crippen molar-refractivity contribution in [2.24, 2.45) is 5.41 Å². The van der Waals surface area contributed by atoms with Gasteiger partial charge in [-0.2, -0.15) is 0 Å². The molecule has 0 saturated carbocycles. The third-order valence-electron chi connectivity index (χ3n) is 3.24. The zero-order valence-corrected chi connectivity index (χ0v) is 11.5. The molecular formula is C12H20N2O5. The van der Waals surface area contributed by atoms with Gasteiger partial charge in [0.15, 0.2) is 0 Å². The highest BCUT2D eigenvalue weighted by molar-refractivity contribution is 5.84. The second-order valence-electron chi connectivity index (χ2n) is 5.20. The van der Waals surface area contributed by atoms with Gasteiger partial charge in [0.25, 0.3) is 0 Å². The Morgan fingerprint density at radius 3 is 2.00 bits per heavy atom. The summed E-state index contributed by atoms with van der Waals surface area (Å²) < 4.78 is 4.60. The number of hydrogen-bond donors (Lipinski definition) is 1. The van der Waals surface area contributed by atoms with Gasteiger partial charge in [-0.25, -0.2) is 4.79 Å². The van der Waals surface area contributed by atoms with Crippen LogP contribution in [0.25, 0.3) is 0 Å². The van der Waals surface area contributed by atoms with E-state index in [0.717, 1.165) is 0 Å². The van der Waals surface area contributed by atoms with Crippen molar-refractivity contribution in [3.63, 3.8) is 0 Å². The monoisotopic (exact) mass is 272 g/mol. The molecule has 0 aromatic heterocycles. The second kappa shape index (κ2) is 5.90. The van der Waals surface area contributed by atoms with Crippen molar-refractivity contribution >= 4 is 18.0 Å². The summed E-state index contributed by atoms with van der Waals surface area (Å²) in [6, 6.07) is 0. The highest BCUT2D eigenvalue weighted by Crippen LogP contribution is 2.22. The molecule has 7 heteroatoms. The van der Waals surface area contributed by atoms with Gasteiger partial charge < -0.3 is 19.6 Å². The van der Waals surface area contributed by atoms with E-state index in [-0.39, 0.29) is 12.3 Å². The molecule has 1 fully saturated rings. The number of carbonyl (C=O) groups is 3. The summed E-state index contributed by atoms with van der Waals surface area (Å²) in [5.41, 5.74) is -1.07. The minimum atomic E-state index is -1.07. The molecule has 0 aromatic carbocycles. The van der Waals surface area contributed by atoms with E-state index in [1.807, 2.05) is 0 Å². The van der Waals surface area contributed by atoms with E-state index in [4.69, 9.17) is 5.11 Å². The number of methoxy groups -OCH3 is 1. The fourth-order valence-corrected chi connectivity index (χ4v) is 1.83. The van der Waals surface area contributed by atoms with Crippen LogP contribution in [0.1, 0.15) is 20.3 Å². The van der Waals surface area contributed by atoms with Crippen LogP contribution < -0.4 is 0 Å². The van der Waals surface area contributed by atoms with Crippen molar-refractivity contribution in [2.45, 2.75) is 20.3 Å². The quantitative estimate of drug-likeness (QED) is 0.803. The van der Waals surface area contributed by atoms with Crippen LogP contribution in [0.3, 0.4) is 0 Å². The van der Waals surface area contributed by atoms with Crippen molar-refractivity contribution in [1.29, 1.82) is 0 Å². The highest BCUT2D eigenvalue weighted by Gasteiger charge is 2.33. The first-order valence-electron chi connectivity index (χ1n) is 6.12. The number of rotatable bonds is 3. The standard InChI is InChI=1S/C12H20N2O5/c1-12(2,10(16)17)8-9(15)13-4-6-14(7-5-13)11(18)19-3/h4-8H2,1-3H3,(H,16,17). The van der Waals surface area contributed by atoms with Crippen LogP contribution >= 0.6 is 0 Å². The van der Waals surface area contributed by atoms with Crippen molar-refractivity contribution in [1.82, 2.24) is 9.80 Å². The molecule has 0 bridgehead atoms. The molecule has 0 aliphatic carbocycles. The van der Waals surface area contributed by atoms with E-state index in [1.54, 1.807) is 4.90 Å². The first-order valence-corrected chi connectivity index (χ1v) is 6.12. The summed E-state index contributed by atoms with van der Waals surface area (Å²) in [4.78, 5) is 37.4. The summed E-state index contributed by atoms with van der Waals surface area (Å²) >= 11 is 0.